The van der Waals surface area contributed by atoms with Gasteiger partial charge in [-0.15, -0.1) is 0 Å². The molecule has 0 saturated carbocycles. The zero-order valence-electron chi connectivity index (χ0n) is 14.6. The first-order valence-corrected chi connectivity index (χ1v) is 8.33. The molecule has 0 fully saturated rings. The second kappa shape index (κ2) is 6.39. The van der Waals surface area contributed by atoms with E-state index in [2.05, 4.69) is 0 Å². The summed E-state index contributed by atoms with van der Waals surface area (Å²) in [6.07, 6.45) is -0.698. The van der Waals surface area contributed by atoms with E-state index in [4.69, 9.17) is 15.2 Å². The Morgan fingerprint density at radius 2 is 1.96 bits per heavy atom. The molecule has 0 heterocycles. The summed E-state index contributed by atoms with van der Waals surface area (Å²) in [4.78, 5) is 11.2. The summed E-state index contributed by atoms with van der Waals surface area (Å²) < 4.78 is 25.4. The van der Waals surface area contributed by atoms with Crippen LogP contribution in [0, 0.1) is 11.2 Å². The zero-order chi connectivity index (χ0) is 18.2. The van der Waals surface area contributed by atoms with Crippen molar-refractivity contribution in [1.29, 1.82) is 0 Å². The lowest BCUT2D eigenvalue weighted by Gasteiger charge is -2.26. The van der Waals surface area contributed by atoms with Gasteiger partial charge in [0.1, 0.15) is 17.7 Å². The number of rotatable bonds is 4. The van der Waals surface area contributed by atoms with Gasteiger partial charge >= 0.3 is 6.09 Å². The number of amides is 1. The fourth-order valence-electron chi connectivity index (χ4n) is 3.49. The van der Waals surface area contributed by atoms with Crippen molar-refractivity contribution in [3.8, 4) is 16.9 Å². The third-order valence-corrected chi connectivity index (χ3v) is 4.58. The van der Waals surface area contributed by atoms with Gasteiger partial charge in [0.25, 0.3) is 0 Å². The van der Waals surface area contributed by atoms with E-state index in [-0.39, 0.29) is 11.2 Å². The van der Waals surface area contributed by atoms with Gasteiger partial charge in [-0.25, -0.2) is 9.18 Å². The van der Waals surface area contributed by atoms with Gasteiger partial charge in [-0.2, -0.15) is 0 Å². The van der Waals surface area contributed by atoms with Crippen LogP contribution in [0.4, 0.5) is 9.18 Å². The van der Waals surface area contributed by atoms with Crippen LogP contribution in [-0.4, -0.2) is 12.7 Å². The van der Waals surface area contributed by atoms with E-state index in [1.165, 1.54) is 6.07 Å². The number of fused-ring (bicyclic) bond motifs is 1. The summed E-state index contributed by atoms with van der Waals surface area (Å²) in [5, 5.41) is 0. The van der Waals surface area contributed by atoms with Crippen LogP contribution in [0.1, 0.15) is 38.0 Å². The summed E-state index contributed by atoms with van der Waals surface area (Å²) in [5.41, 5.74) is 7.82. The molecule has 1 atom stereocenters. The van der Waals surface area contributed by atoms with Crippen LogP contribution in [0.2, 0.25) is 0 Å². The summed E-state index contributed by atoms with van der Waals surface area (Å²) in [6, 6.07) is 10.6. The average molecular weight is 343 g/mol. The standard InChI is InChI=1S/C20H22FNO3/c1-4-24-14-7-5-12(6-8-14)15-9-13-11-20(2,3)18(25-19(22)23)16(13)10-17(15)21/h5-10,18H,4,11H2,1-3H3,(H2,22,23)/t18-/m0/s1. The Kier molecular flexibility index (Phi) is 4.41. The second-order valence-corrected chi connectivity index (χ2v) is 6.97. The number of nitrogens with two attached hydrogens (primary N) is 1. The molecule has 2 N–H and O–H groups in total. The van der Waals surface area contributed by atoms with Gasteiger partial charge in [0, 0.05) is 11.0 Å². The molecule has 1 amide bonds. The second-order valence-electron chi connectivity index (χ2n) is 6.97. The molecule has 3 rings (SSSR count). The molecule has 0 radical (unpaired) electrons. The molecule has 2 aromatic carbocycles. The van der Waals surface area contributed by atoms with Crippen molar-refractivity contribution in [2.45, 2.75) is 33.3 Å². The van der Waals surface area contributed by atoms with Crippen LogP contribution in [0.5, 0.6) is 5.75 Å². The number of primary amides is 1. The zero-order valence-corrected chi connectivity index (χ0v) is 14.6. The van der Waals surface area contributed by atoms with Crippen LogP contribution in [0.25, 0.3) is 11.1 Å². The highest BCUT2D eigenvalue weighted by atomic mass is 19.1. The maximum atomic E-state index is 14.7. The minimum atomic E-state index is -0.845. The monoisotopic (exact) mass is 343 g/mol. The highest BCUT2D eigenvalue weighted by Crippen LogP contribution is 2.48. The number of hydrogen-bond acceptors (Lipinski definition) is 3. The van der Waals surface area contributed by atoms with E-state index in [1.54, 1.807) is 0 Å². The third kappa shape index (κ3) is 3.31. The van der Waals surface area contributed by atoms with Crippen LogP contribution in [-0.2, 0) is 11.2 Å². The highest BCUT2D eigenvalue weighted by molar-refractivity contribution is 5.68. The molecular weight excluding hydrogens is 321 g/mol. The molecule has 1 aliphatic rings. The van der Waals surface area contributed by atoms with Gasteiger partial charge in [0.05, 0.1) is 6.61 Å². The van der Waals surface area contributed by atoms with Crippen molar-refractivity contribution in [2.75, 3.05) is 6.61 Å². The van der Waals surface area contributed by atoms with E-state index < -0.39 is 12.2 Å². The highest BCUT2D eigenvalue weighted by Gasteiger charge is 2.42. The van der Waals surface area contributed by atoms with Gasteiger partial charge in [-0.3, -0.25) is 0 Å². The Morgan fingerprint density at radius 3 is 2.56 bits per heavy atom. The Labute approximate surface area is 146 Å². The van der Waals surface area contributed by atoms with Gasteiger partial charge in [0.2, 0.25) is 0 Å². The fraction of sp³-hybridized carbons (Fsp3) is 0.350. The molecule has 0 spiro atoms. The molecule has 0 bridgehead atoms. The molecule has 1 aliphatic carbocycles. The average Bonchev–Trinajstić information content (AvgIpc) is 2.78. The first kappa shape index (κ1) is 17.3. The molecular formula is C20H22FNO3. The first-order valence-electron chi connectivity index (χ1n) is 8.33. The smallest absolute Gasteiger partial charge is 0.405 e. The van der Waals surface area contributed by atoms with Crippen LogP contribution in [0.3, 0.4) is 0 Å². The van der Waals surface area contributed by atoms with Crippen LogP contribution < -0.4 is 10.5 Å². The number of halogens is 1. The van der Waals surface area contributed by atoms with Crippen molar-refractivity contribution >= 4 is 6.09 Å². The summed E-state index contributed by atoms with van der Waals surface area (Å²) in [7, 11) is 0. The summed E-state index contributed by atoms with van der Waals surface area (Å²) >= 11 is 0. The topological polar surface area (TPSA) is 61.6 Å². The van der Waals surface area contributed by atoms with Crippen LogP contribution in [0.15, 0.2) is 36.4 Å². The van der Waals surface area contributed by atoms with Gasteiger partial charge < -0.3 is 15.2 Å². The Balaban J connectivity index is 1.99. The number of carbonyl (C=O) groups excluding carboxylic acids is 1. The Hall–Kier alpha value is -2.56. The van der Waals surface area contributed by atoms with Crippen LogP contribution >= 0.6 is 0 Å². The largest absolute Gasteiger partial charge is 0.494 e. The summed E-state index contributed by atoms with van der Waals surface area (Å²) in [6.45, 7) is 6.47. The molecule has 0 saturated heterocycles. The normalized spacial score (nSPS) is 17.8. The summed E-state index contributed by atoms with van der Waals surface area (Å²) in [5.74, 6) is 0.405. The number of hydrogen-bond donors (Lipinski definition) is 1. The fourth-order valence-corrected chi connectivity index (χ4v) is 3.49. The number of benzene rings is 2. The lowest BCUT2D eigenvalue weighted by Crippen LogP contribution is -2.25. The van der Waals surface area contributed by atoms with E-state index in [0.717, 1.165) is 16.9 Å². The first-order chi connectivity index (χ1) is 11.8. The van der Waals surface area contributed by atoms with Gasteiger partial charge in [-0.1, -0.05) is 26.0 Å². The van der Waals surface area contributed by atoms with E-state index in [0.29, 0.717) is 24.2 Å². The minimum Gasteiger partial charge on any atom is -0.494 e. The molecule has 2 aromatic rings. The molecule has 0 unspecified atom stereocenters. The maximum absolute atomic E-state index is 14.7. The lowest BCUT2D eigenvalue weighted by molar-refractivity contribution is 0.0391. The predicted molar refractivity (Wildman–Crippen MR) is 93.9 cm³/mol. The third-order valence-electron chi connectivity index (χ3n) is 4.58. The van der Waals surface area contributed by atoms with Crippen molar-refractivity contribution in [3.63, 3.8) is 0 Å². The lowest BCUT2D eigenvalue weighted by atomic mass is 9.87. The molecule has 132 valence electrons. The van der Waals surface area contributed by atoms with Gasteiger partial charge in [-0.05, 0) is 54.3 Å². The Morgan fingerprint density at radius 1 is 1.28 bits per heavy atom. The number of carbonyl (C=O) groups is 1. The minimum absolute atomic E-state index is 0.332. The Bertz CT molecular complexity index is 799. The van der Waals surface area contributed by atoms with Crippen molar-refractivity contribution in [3.05, 3.63) is 53.3 Å². The predicted octanol–water partition coefficient (Wildman–Crippen LogP) is 4.61. The van der Waals surface area contributed by atoms with Crippen molar-refractivity contribution in [1.82, 2.24) is 0 Å². The molecule has 0 aliphatic heterocycles. The van der Waals surface area contributed by atoms with E-state index in [1.807, 2.05) is 51.1 Å². The SMILES string of the molecule is CCOc1ccc(-c2cc3c(cc2F)[C@H](OC(N)=O)C(C)(C)C3)cc1. The number of ether oxygens (including phenoxy) is 2. The molecule has 5 heteroatoms. The van der Waals surface area contributed by atoms with Gasteiger partial charge in [0.15, 0.2) is 0 Å². The van der Waals surface area contributed by atoms with E-state index >= 15 is 0 Å². The molecule has 25 heavy (non-hydrogen) atoms. The molecule has 0 aromatic heterocycles. The van der Waals surface area contributed by atoms with Crippen molar-refractivity contribution < 1.29 is 18.7 Å². The molecule has 4 nitrogen and oxygen atoms in total. The maximum Gasteiger partial charge on any atom is 0.405 e. The quantitative estimate of drug-likeness (QED) is 0.882. The van der Waals surface area contributed by atoms with Crippen molar-refractivity contribution in [2.24, 2.45) is 11.1 Å². The van der Waals surface area contributed by atoms with E-state index in [9.17, 15) is 9.18 Å².